The van der Waals surface area contributed by atoms with E-state index >= 15 is 0 Å². The molecule has 5 nitrogen and oxygen atoms in total. The summed E-state index contributed by atoms with van der Waals surface area (Å²) in [6.45, 7) is 0. The number of anilines is 1. The molecule has 0 unspecified atom stereocenters. The Morgan fingerprint density at radius 2 is 1.95 bits per heavy atom. The molecule has 0 bridgehead atoms. The molecule has 2 N–H and O–H groups in total. The number of hydrogen-bond acceptors (Lipinski definition) is 5. The van der Waals surface area contributed by atoms with Gasteiger partial charge in [0, 0.05) is 21.9 Å². The van der Waals surface area contributed by atoms with Gasteiger partial charge in [0.1, 0.15) is 0 Å². The number of nitrogen functional groups attached to an aromatic ring is 1. The van der Waals surface area contributed by atoms with Crippen molar-refractivity contribution < 1.29 is 4.79 Å². The molecule has 2 aromatic heterocycles. The van der Waals surface area contributed by atoms with Crippen LogP contribution in [-0.4, -0.2) is 26.1 Å². The highest BCUT2D eigenvalue weighted by Crippen LogP contribution is 2.20. The zero-order valence-corrected chi connectivity index (χ0v) is 13.3. The van der Waals surface area contributed by atoms with Gasteiger partial charge in [-0.05, 0) is 24.3 Å². The molecule has 3 rings (SSSR count). The number of nitrogens with two attached hydrogens (primary N) is 1. The van der Waals surface area contributed by atoms with Crippen LogP contribution < -0.4 is 5.73 Å². The third-order valence-electron chi connectivity index (χ3n) is 2.89. The van der Waals surface area contributed by atoms with Crippen LogP contribution in [0.3, 0.4) is 0 Å². The number of fused-ring (bicyclic) bond motifs is 1. The number of hydrogen-bond donors (Lipinski definition) is 1. The number of Topliss-reactive ketones (excluding diaryl/α,β-unsaturated/α-hetero) is 1. The van der Waals surface area contributed by atoms with Crippen molar-refractivity contribution in [3.05, 3.63) is 52.6 Å². The lowest BCUT2D eigenvalue weighted by Crippen LogP contribution is -2.03. The predicted octanol–water partition coefficient (Wildman–Crippen LogP) is 3.05. The van der Waals surface area contributed by atoms with E-state index in [2.05, 4.69) is 26.1 Å². The zero-order chi connectivity index (χ0) is 14.8. The average molecular weight is 363 g/mol. The van der Waals surface area contributed by atoms with Gasteiger partial charge in [0.15, 0.2) is 16.6 Å². The first kappa shape index (κ1) is 14.1. The lowest BCUT2D eigenvalue weighted by atomic mass is 10.2. The molecule has 106 valence electrons. The Labute approximate surface area is 133 Å². The summed E-state index contributed by atoms with van der Waals surface area (Å²) in [4.78, 5) is 12.1. The molecular formula is C14H11BrN4OS. The number of carbonyl (C=O) groups excluding carboxylic acids is 1. The van der Waals surface area contributed by atoms with Gasteiger partial charge >= 0.3 is 0 Å². The van der Waals surface area contributed by atoms with E-state index in [0.717, 1.165) is 4.47 Å². The summed E-state index contributed by atoms with van der Waals surface area (Å²) in [6.07, 6.45) is 1.75. The Morgan fingerprint density at radius 3 is 2.71 bits per heavy atom. The second kappa shape index (κ2) is 5.87. The normalized spacial score (nSPS) is 10.9. The Kier molecular flexibility index (Phi) is 3.94. The van der Waals surface area contributed by atoms with Crippen molar-refractivity contribution in [2.24, 2.45) is 0 Å². The molecule has 0 radical (unpaired) electrons. The number of benzene rings is 1. The Balaban J connectivity index is 1.75. The van der Waals surface area contributed by atoms with Crippen molar-refractivity contribution >= 4 is 44.8 Å². The number of halogens is 1. The predicted molar refractivity (Wildman–Crippen MR) is 86.6 cm³/mol. The molecule has 0 fully saturated rings. The molecule has 0 saturated carbocycles. The highest BCUT2D eigenvalue weighted by molar-refractivity contribution is 9.10. The van der Waals surface area contributed by atoms with Crippen molar-refractivity contribution in [3.8, 4) is 0 Å². The Hall–Kier alpha value is -1.86. The maximum Gasteiger partial charge on any atom is 0.196 e. The van der Waals surface area contributed by atoms with Gasteiger partial charge in [0.25, 0.3) is 0 Å². The first-order chi connectivity index (χ1) is 10.1. The molecule has 0 atom stereocenters. The maximum absolute atomic E-state index is 12.1. The summed E-state index contributed by atoms with van der Waals surface area (Å²) in [7, 11) is 0. The zero-order valence-electron chi connectivity index (χ0n) is 10.9. The van der Waals surface area contributed by atoms with Crippen LogP contribution in [0.1, 0.15) is 10.4 Å². The molecule has 0 amide bonds. The third-order valence-corrected chi connectivity index (χ3v) is 4.36. The standard InChI is InChI=1S/C14H11BrN4OS/c15-10-3-1-9(2-4-10)12(20)8-21-14-18-17-13-6-5-11(16)7-19(13)14/h1-7H,8,16H2. The summed E-state index contributed by atoms with van der Waals surface area (Å²) in [5.74, 6) is 0.352. The minimum absolute atomic E-state index is 0.0492. The lowest BCUT2D eigenvalue weighted by molar-refractivity contribution is 0.102. The Bertz CT molecular complexity index is 800. The molecular weight excluding hydrogens is 352 g/mol. The van der Waals surface area contributed by atoms with Gasteiger partial charge in [0.2, 0.25) is 0 Å². The largest absolute Gasteiger partial charge is 0.398 e. The second-order valence-corrected chi connectivity index (χ2v) is 6.25. The molecule has 21 heavy (non-hydrogen) atoms. The van der Waals surface area contributed by atoms with Crippen LogP contribution in [0.2, 0.25) is 0 Å². The van der Waals surface area contributed by atoms with Crippen LogP contribution >= 0.6 is 27.7 Å². The van der Waals surface area contributed by atoms with Gasteiger partial charge in [-0.3, -0.25) is 9.20 Å². The third kappa shape index (κ3) is 3.08. The van der Waals surface area contributed by atoms with Gasteiger partial charge in [-0.1, -0.05) is 39.8 Å². The maximum atomic E-state index is 12.1. The number of thioether (sulfide) groups is 1. The number of aromatic nitrogens is 3. The fourth-order valence-corrected chi connectivity index (χ4v) is 2.91. The van der Waals surface area contributed by atoms with Gasteiger partial charge in [-0.2, -0.15) is 0 Å². The van der Waals surface area contributed by atoms with E-state index in [0.29, 0.717) is 27.8 Å². The van der Waals surface area contributed by atoms with Crippen LogP contribution in [0.4, 0.5) is 5.69 Å². The van der Waals surface area contributed by atoms with Gasteiger partial charge in [-0.15, -0.1) is 10.2 Å². The van der Waals surface area contributed by atoms with Crippen molar-refractivity contribution in [2.75, 3.05) is 11.5 Å². The van der Waals surface area contributed by atoms with Crippen LogP contribution in [-0.2, 0) is 0 Å². The van der Waals surface area contributed by atoms with Crippen LogP contribution in [0.25, 0.3) is 5.65 Å². The van der Waals surface area contributed by atoms with E-state index in [1.165, 1.54) is 11.8 Å². The number of pyridine rings is 1. The lowest BCUT2D eigenvalue weighted by Gasteiger charge is -2.02. The quantitative estimate of drug-likeness (QED) is 0.570. The monoisotopic (exact) mass is 362 g/mol. The van der Waals surface area contributed by atoms with Gasteiger partial charge < -0.3 is 5.73 Å². The second-order valence-electron chi connectivity index (χ2n) is 4.39. The molecule has 2 heterocycles. The SMILES string of the molecule is Nc1ccc2nnc(SCC(=O)c3ccc(Br)cc3)n2c1. The number of carbonyl (C=O) groups is 1. The average Bonchev–Trinajstić information content (AvgIpc) is 2.88. The number of rotatable bonds is 4. The van der Waals surface area contributed by atoms with E-state index in [4.69, 9.17) is 5.73 Å². The summed E-state index contributed by atoms with van der Waals surface area (Å²) in [5, 5.41) is 8.77. The molecule has 0 spiro atoms. The van der Waals surface area contributed by atoms with Crippen molar-refractivity contribution in [2.45, 2.75) is 5.16 Å². The molecule has 7 heteroatoms. The molecule has 0 saturated heterocycles. The molecule has 0 aliphatic rings. The fourth-order valence-electron chi connectivity index (χ4n) is 1.83. The fraction of sp³-hybridized carbons (Fsp3) is 0.0714. The first-order valence-electron chi connectivity index (χ1n) is 6.15. The van der Waals surface area contributed by atoms with E-state index in [9.17, 15) is 4.79 Å². The topological polar surface area (TPSA) is 73.3 Å². The summed E-state index contributed by atoms with van der Waals surface area (Å²) in [5.41, 5.74) is 7.77. The van der Waals surface area contributed by atoms with Crippen molar-refractivity contribution in [1.82, 2.24) is 14.6 Å². The minimum atomic E-state index is 0.0492. The molecule has 0 aliphatic carbocycles. The summed E-state index contributed by atoms with van der Waals surface area (Å²) < 4.78 is 2.74. The molecule has 3 aromatic rings. The highest BCUT2D eigenvalue weighted by atomic mass is 79.9. The highest BCUT2D eigenvalue weighted by Gasteiger charge is 2.11. The first-order valence-corrected chi connectivity index (χ1v) is 7.93. The van der Waals surface area contributed by atoms with E-state index < -0.39 is 0 Å². The Morgan fingerprint density at radius 1 is 1.19 bits per heavy atom. The smallest absolute Gasteiger partial charge is 0.196 e. The van der Waals surface area contributed by atoms with Crippen LogP contribution in [0.15, 0.2) is 52.2 Å². The summed E-state index contributed by atoms with van der Waals surface area (Å²) in [6, 6.07) is 10.9. The van der Waals surface area contributed by atoms with Gasteiger partial charge in [0.05, 0.1) is 5.75 Å². The molecule has 0 aliphatic heterocycles. The minimum Gasteiger partial charge on any atom is -0.398 e. The van der Waals surface area contributed by atoms with Crippen LogP contribution in [0, 0.1) is 0 Å². The van der Waals surface area contributed by atoms with Crippen LogP contribution in [0.5, 0.6) is 0 Å². The van der Waals surface area contributed by atoms with E-state index in [1.54, 1.807) is 34.9 Å². The summed E-state index contributed by atoms with van der Waals surface area (Å²) >= 11 is 4.69. The van der Waals surface area contributed by atoms with E-state index in [-0.39, 0.29) is 5.78 Å². The number of nitrogens with zero attached hydrogens (tertiary/aromatic N) is 3. The van der Waals surface area contributed by atoms with Gasteiger partial charge in [-0.25, -0.2) is 0 Å². The number of ketones is 1. The van der Waals surface area contributed by atoms with Crippen molar-refractivity contribution in [1.29, 1.82) is 0 Å². The van der Waals surface area contributed by atoms with E-state index in [1.807, 2.05) is 12.1 Å². The molecule has 1 aromatic carbocycles. The van der Waals surface area contributed by atoms with Crippen molar-refractivity contribution in [3.63, 3.8) is 0 Å².